The van der Waals surface area contributed by atoms with Crippen molar-refractivity contribution in [2.24, 2.45) is 5.92 Å². The molecule has 6 heteroatoms. The van der Waals surface area contributed by atoms with Crippen molar-refractivity contribution < 1.29 is 9.53 Å². The third-order valence-corrected chi connectivity index (χ3v) is 5.34. The molecular weight excluding hydrogens is 371 g/mol. The first kappa shape index (κ1) is 19.0. The summed E-state index contributed by atoms with van der Waals surface area (Å²) in [5.41, 5.74) is 1.87. The lowest BCUT2D eigenvalue weighted by molar-refractivity contribution is -0.121. The predicted octanol–water partition coefficient (Wildman–Crippen LogP) is 4.85. The van der Waals surface area contributed by atoms with Crippen LogP contribution in [0.3, 0.4) is 0 Å². The van der Waals surface area contributed by atoms with Gasteiger partial charge in [-0.3, -0.25) is 9.69 Å². The highest BCUT2D eigenvalue weighted by molar-refractivity contribution is 6.42. The van der Waals surface area contributed by atoms with Gasteiger partial charge < -0.3 is 10.1 Å². The average Bonchev–Trinajstić information content (AvgIpc) is 2.65. The first-order valence-corrected chi connectivity index (χ1v) is 9.42. The number of methoxy groups -OCH3 is 1. The second kappa shape index (κ2) is 8.76. The van der Waals surface area contributed by atoms with Gasteiger partial charge in [0.05, 0.1) is 23.1 Å². The van der Waals surface area contributed by atoms with Crippen LogP contribution in [0.1, 0.15) is 18.4 Å². The number of benzene rings is 2. The number of anilines is 1. The third-order valence-electron chi connectivity index (χ3n) is 4.60. The maximum atomic E-state index is 12.6. The predicted molar refractivity (Wildman–Crippen MR) is 106 cm³/mol. The number of ether oxygens (including phenoxy) is 1. The first-order valence-electron chi connectivity index (χ1n) is 8.66. The lowest BCUT2D eigenvalue weighted by Gasteiger charge is -2.32. The van der Waals surface area contributed by atoms with Gasteiger partial charge in [0.2, 0.25) is 5.91 Å². The van der Waals surface area contributed by atoms with Crippen LogP contribution in [0.4, 0.5) is 5.69 Å². The summed E-state index contributed by atoms with van der Waals surface area (Å²) >= 11 is 12.1. The Kier molecular flexibility index (Phi) is 6.41. The second-order valence-corrected chi connectivity index (χ2v) is 7.36. The highest BCUT2D eigenvalue weighted by Crippen LogP contribution is 2.25. The fraction of sp³-hybridized carbons (Fsp3) is 0.350. The number of hydrogen-bond donors (Lipinski definition) is 1. The molecule has 4 nitrogen and oxygen atoms in total. The summed E-state index contributed by atoms with van der Waals surface area (Å²) in [6.07, 6.45) is 1.89. The number of carbonyl (C=O) groups is 1. The molecule has 0 aliphatic carbocycles. The number of halogens is 2. The van der Waals surface area contributed by atoms with Crippen LogP contribution >= 0.6 is 23.2 Å². The molecular formula is C20H22Cl2N2O2. The van der Waals surface area contributed by atoms with Crippen LogP contribution in [0.2, 0.25) is 10.0 Å². The monoisotopic (exact) mass is 392 g/mol. The maximum Gasteiger partial charge on any atom is 0.228 e. The topological polar surface area (TPSA) is 41.6 Å². The average molecular weight is 393 g/mol. The van der Waals surface area contributed by atoms with Gasteiger partial charge in [0.1, 0.15) is 5.75 Å². The van der Waals surface area contributed by atoms with Gasteiger partial charge in [-0.15, -0.1) is 0 Å². The number of nitrogens with zero attached hydrogens (tertiary/aromatic N) is 1. The number of nitrogens with one attached hydrogen (secondary N) is 1. The smallest absolute Gasteiger partial charge is 0.228 e. The van der Waals surface area contributed by atoms with Crippen molar-refractivity contribution in [2.75, 3.05) is 25.5 Å². The zero-order valence-electron chi connectivity index (χ0n) is 14.7. The molecule has 3 rings (SSSR count). The summed E-state index contributed by atoms with van der Waals surface area (Å²) in [5, 5.41) is 4.13. The number of amides is 1. The number of rotatable bonds is 5. The molecule has 1 amide bonds. The summed E-state index contributed by atoms with van der Waals surface area (Å²) < 4.78 is 5.20. The molecule has 1 heterocycles. The minimum Gasteiger partial charge on any atom is -0.497 e. The standard InChI is InChI=1S/C20H22Cl2N2O2/c1-26-17-6-2-5-16(11-17)23-20(25)15-4-3-9-24(13-15)12-14-7-8-18(21)19(22)10-14/h2,5-8,10-11,15H,3-4,9,12-13H2,1H3,(H,23,25). The summed E-state index contributed by atoms with van der Waals surface area (Å²) in [4.78, 5) is 14.9. The normalized spacial score (nSPS) is 17.7. The van der Waals surface area contributed by atoms with Gasteiger partial charge in [-0.1, -0.05) is 35.3 Å². The van der Waals surface area contributed by atoms with E-state index in [-0.39, 0.29) is 11.8 Å². The summed E-state index contributed by atoms with van der Waals surface area (Å²) in [5.74, 6) is 0.752. The van der Waals surface area contributed by atoms with E-state index in [4.69, 9.17) is 27.9 Å². The van der Waals surface area contributed by atoms with Crippen LogP contribution in [0.15, 0.2) is 42.5 Å². The van der Waals surface area contributed by atoms with Crippen LogP contribution in [-0.2, 0) is 11.3 Å². The van der Waals surface area contributed by atoms with Crippen molar-refractivity contribution in [3.63, 3.8) is 0 Å². The van der Waals surface area contributed by atoms with E-state index in [2.05, 4.69) is 10.2 Å². The summed E-state index contributed by atoms with van der Waals surface area (Å²) in [6, 6.07) is 13.1. The summed E-state index contributed by atoms with van der Waals surface area (Å²) in [7, 11) is 1.61. The molecule has 1 N–H and O–H groups in total. The lowest BCUT2D eigenvalue weighted by Crippen LogP contribution is -2.40. The van der Waals surface area contributed by atoms with E-state index in [0.29, 0.717) is 10.0 Å². The van der Waals surface area contributed by atoms with Gasteiger partial charge in [-0.05, 0) is 49.2 Å². The van der Waals surface area contributed by atoms with Crippen molar-refractivity contribution in [3.8, 4) is 5.75 Å². The highest BCUT2D eigenvalue weighted by atomic mass is 35.5. The molecule has 1 atom stereocenters. The van der Waals surface area contributed by atoms with Crippen molar-refractivity contribution in [2.45, 2.75) is 19.4 Å². The van der Waals surface area contributed by atoms with Crippen LogP contribution in [0.25, 0.3) is 0 Å². The van der Waals surface area contributed by atoms with E-state index in [0.717, 1.165) is 49.5 Å². The minimum absolute atomic E-state index is 0.0299. The van der Waals surface area contributed by atoms with E-state index < -0.39 is 0 Å². The molecule has 0 spiro atoms. The second-order valence-electron chi connectivity index (χ2n) is 6.54. The quantitative estimate of drug-likeness (QED) is 0.790. The van der Waals surface area contributed by atoms with Crippen LogP contribution in [0.5, 0.6) is 5.75 Å². The van der Waals surface area contributed by atoms with Gasteiger partial charge >= 0.3 is 0 Å². The van der Waals surface area contributed by atoms with Crippen molar-refractivity contribution in [3.05, 3.63) is 58.1 Å². The largest absolute Gasteiger partial charge is 0.497 e. The number of hydrogen-bond acceptors (Lipinski definition) is 3. The van der Waals surface area contributed by atoms with Crippen molar-refractivity contribution in [1.29, 1.82) is 0 Å². The molecule has 26 heavy (non-hydrogen) atoms. The molecule has 0 saturated carbocycles. The van der Waals surface area contributed by atoms with E-state index in [9.17, 15) is 4.79 Å². The Balaban J connectivity index is 1.60. The van der Waals surface area contributed by atoms with Crippen LogP contribution in [-0.4, -0.2) is 31.0 Å². The zero-order valence-corrected chi connectivity index (χ0v) is 16.2. The van der Waals surface area contributed by atoms with Crippen LogP contribution < -0.4 is 10.1 Å². The Morgan fingerprint density at radius 1 is 1.23 bits per heavy atom. The molecule has 1 fully saturated rings. The van der Waals surface area contributed by atoms with Gasteiger partial charge in [-0.25, -0.2) is 0 Å². The van der Waals surface area contributed by atoms with E-state index in [1.807, 2.05) is 42.5 Å². The number of likely N-dealkylation sites (tertiary alicyclic amines) is 1. The maximum absolute atomic E-state index is 12.6. The molecule has 138 valence electrons. The van der Waals surface area contributed by atoms with Crippen molar-refractivity contribution >= 4 is 34.8 Å². The van der Waals surface area contributed by atoms with Crippen molar-refractivity contribution in [1.82, 2.24) is 4.90 Å². The Bertz CT molecular complexity index is 782. The van der Waals surface area contributed by atoms with Gasteiger partial charge in [0.15, 0.2) is 0 Å². The molecule has 0 bridgehead atoms. The van der Waals surface area contributed by atoms with Gasteiger partial charge in [0, 0.05) is 24.8 Å². The number of carbonyl (C=O) groups excluding carboxylic acids is 1. The molecule has 2 aromatic rings. The zero-order chi connectivity index (χ0) is 18.5. The number of piperidine rings is 1. The SMILES string of the molecule is COc1cccc(NC(=O)C2CCCN(Cc3ccc(Cl)c(Cl)c3)C2)c1. The Morgan fingerprint density at radius 3 is 2.85 bits per heavy atom. The summed E-state index contributed by atoms with van der Waals surface area (Å²) in [6.45, 7) is 2.47. The molecule has 0 aromatic heterocycles. The lowest BCUT2D eigenvalue weighted by atomic mass is 9.96. The fourth-order valence-corrected chi connectivity index (χ4v) is 3.58. The molecule has 1 unspecified atom stereocenters. The third kappa shape index (κ3) is 4.91. The molecule has 1 saturated heterocycles. The Labute approximate surface area is 164 Å². The molecule has 0 radical (unpaired) electrons. The first-order chi connectivity index (χ1) is 12.5. The molecule has 1 aliphatic rings. The van der Waals surface area contributed by atoms with Gasteiger partial charge in [-0.2, -0.15) is 0 Å². The Morgan fingerprint density at radius 2 is 2.08 bits per heavy atom. The molecule has 1 aliphatic heterocycles. The minimum atomic E-state index is -0.0299. The van der Waals surface area contributed by atoms with Crippen LogP contribution in [0, 0.1) is 5.92 Å². The molecule has 2 aromatic carbocycles. The van der Waals surface area contributed by atoms with E-state index in [1.165, 1.54) is 0 Å². The van der Waals surface area contributed by atoms with E-state index >= 15 is 0 Å². The Hall–Kier alpha value is -1.75. The van der Waals surface area contributed by atoms with E-state index in [1.54, 1.807) is 7.11 Å². The highest BCUT2D eigenvalue weighted by Gasteiger charge is 2.26. The fourth-order valence-electron chi connectivity index (χ4n) is 3.25. The van der Waals surface area contributed by atoms with Gasteiger partial charge in [0.25, 0.3) is 0 Å².